The predicted octanol–water partition coefficient (Wildman–Crippen LogP) is 8.50. The van der Waals surface area contributed by atoms with E-state index in [1.54, 1.807) is 25.3 Å². The molecular weight excluding hydrogens is 651 g/mol. The summed E-state index contributed by atoms with van der Waals surface area (Å²) in [5.41, 5.74) is 10.8. The standard InChI is InChI=1S/C41H54F3N5O2/c1-7-10-13-30(9-3)32(14-11-15-40(45)50)41(51-6)46-28(4)35-27-49(26-31-17-16-29(25-42)22-36(31)43)38-24-39(48-20-18-47(5)19-21-48)37(44)23-34(38)33(35)12-8-2/h9-10,12-13,16-17,22-24,27-28,32H,7-8,11,14-15,18-21,25-26H2,1-6H3,(H2,45,50)/b13-10-,30-9+,33-12+,46-41?. The number of halogens is 3. The Morgan fingerprint density at radius 1 is 1.06 bits per heavy atom. The molecule has 2 aromatic rings. The first-order valence-electron chi connectivity index (χ1n) is 18.1. The zero-order valence-corrected chi connectivity index (χ0v) is 31.0. The van der Waals surface area contributed by atoms with Gasteiger partial charge in [0, 0.05) is 55.5 Å². The highest BCUT2D eigenvalue weighted by atomic mass is 19.1. The second-order valence-electron chi connectivity index (χ2n) is 13.3. The number of benzene rings is 2. The van der Waals surface area contributed by atoms with Gasteiger partial charge in [-0.3, -0.25) is 4.79 Å². The quantitative estimate of drug-likeness (QED) is 0.114. The van der Waals surface area contributed by atoms with E-state index in [1.165, 1.54) is 6.07 Å². The number of nitrogens with zero attached hydrogens (tertiary/aromatic N) is 4. The van der Waals surface area contributed by atoms with Crippen LogP contribution in [0.15, 0.2) is 77.0 Å². The minimum Gasteiger partial charge on any atom is -0.484 e. The molecule has 7 nitrogen and oxygen atoms in total. The molecule has 51 heavy (non-hydrogen) atoms. The van der Waals surface area contributed by atoms with Crippen molar-refractivity contribution < 1.29 is 22.7 Å². The molecule has 0 aromatic heterocycles. The molecule has 2 unspecified atom stereocenters. The van der Waals surface area contributed by atoms with Crippen molar-refractivity contribution in [2.45, 2.75) is 79.1 Å². The lowest BCUT2D eigenvalue weighted by molar-refractivity contribution is -0.118. The molecule has 276 valence electrons. The van der Waals surface area contributed by atoms with Crippen molar-refractivity contribution in [3.05, 3.63) is 100 Å². The number of rotatable bonds is 15. The Morgan fingerprint density at radius 2 is 1.80 bits per heavy atom. The molecular formula is C41H54F3N5O2. The number of allylic oxidation sites excluding steroid dienone is 4. The Labute approximate surface area is 302 Å². The maximum absolute atomic E-state index is 16.2. The Balaban J connectivity index is 1.85. The fourth-order valence-corrected chi connectivity index (χ4v) is 6.76. The highest BCUT2D eigenvalue weighted by Crippen LogP contribution is 2.43. The van der Waals surface area contributed by atoms with E-state index in [0.29, 0.717) is 55.1 Å². The van der Waals surface area contributed by atoms with Crippen LogP contribution in [0.5, 0.6) is 0 Å². The third-order valence-electron chi connectivity index (χ3n) is 9.61. The average molecular weight is 706 g/mol. The summed E-state index contributed by atoms with van der Waals surface area (Å²) in [5.74, 6) is -0.877. The van der Waals surface area contributed by atoms with Gasteiger partial charge in [-0.15, -0.1) is 0 Å². The number of alkyl halides is 1. The largest absolute Gasteiger partial charge is 0.484 e. The second-order valence-corrected chi connectivity index (χ2v) is 13.3. The van der Waals surface area contributed by atoms with E-state index < -0.39 is 18.5 Å². The van der Waals surface area contributed by atoms with Crippen molar-refractivity contribution in [3.8, 4) is 0 Å². The van der Waals surface area contributed by atoms with Gasteiger partial charge in [0.15, 0.2) is 5.90 Å². The summed E-state index contributed by atoms with van der Waals surface area (Å²) < 4.78 is 50.9. The van der Waals surface area contributed by atoms with Crippen LogP contribution in [0.25, 0.3) is 5.57 Å². The molecule has 0 saturated carbocycles. The van der Waals surface area contributed by atoms with Crippen LogP contribution < -0.4 is 15.5 Å². The number of fused-ring (bicyclic) bond motifs is 1. The van der Waals surface area contributed by atoms with Gasteiger partial charge in [-0.1, -0.05) is 50.3 Å². The number of carbonyl (C=O) groups is 1. The molecule has 0 aliphatic carbocycles. The number of hydrogen-bond acceptors (Lipinski definition) is 6. The Bertz CT molecular complexity index is 1670. The monoisotopic (exact) mass is 705 g/mol. The Hall–Kier alpha value is -4.31. The summed E-state index contributed by atoms with van der Waals surface area (Å²) in [6.45, 7) is 10.5. The van der Waals surface area contributed by atoms with Gasteiger partial charge in [-0.2, -0.15) is 0 Å². The van der Waals surface area contributed by atoms with E-state index in [-0.39, 0.29) is 36.2 Å². The number of carbonyl (C=O) groups excluding carboxylic acids is 1. The molecule has 2 atom stereocenters. The number of ether oxygens (including phenoxy) is 1. The zero-order valence-electron chi connectivity index (χ0n) is 31.0. The van der Waals surface area contributed by atoms with Crippen molar-refractivity contribution in [2.75, 3.05) is 50.1 Å². The summed E-state index contributed by atoms with van der Waals surface area (Å²) in [4.78, 5) is 23.0. The molecule has 2 aliphatic heterocycles. The normalized spacial score (nSPS) is 17.9. The first-order chi connectivity index (χ1) is 24.5. The van der Waals surface area contributed by atoms with Gasteiger partial charge in [0.2, 0.25) is 5.91 Å². The first kappa shape index (κ1) is 39.5. The van der Waals surface area contributed by atoms with Crippen LogP contribution >= 0.6 is 0 Å². The Kier molecular flexibility index (Phi) is 14.5. The molecule has 1 fully saturated rings. The Morgan fingerprint density at radius 3 is 2.41 bits per heavy atom. The number of anilines is 2. The highest BCUT2D eigenvalue weighted by Gasteiger charge is 2.30. The molecule has 1 amide bonds. The summed E-state index contributed by atoms with van der Waals surface area (Å²) in [6, 6.07) is 7.47. The summed E-state index contributed by atoms with van der Waals surface area (Å²) in [5, 5.41) is 0. The number of amides is 1. The molecule has 10 heteroatoms. The third kappa shape index (κ3) is 9.94. The van der Waals surface area contributed by atoms with Crippen LogP contribution in [0.4, 0.5) is 24.5 Å². The number of primary amides is 1. The van der Waals surface area contributed by atoms with Crippen molar-refractivity contribution in [1.82, 2.24) is 4.90 Å². The molecule has 2 N–H and O–H groups in total. The summed E-state index contributed by atoms with van der Waals surface area (Å²) >= 11 is 0. The van der Waals surface area contributed by atoms with Crippen molar-refractivity contribution in [1.29, 1.82) is 0 Å². The zero-order chi connectivity index (χ0) is 37.1. The second kappa shape index (κ2) is 18.8. The van der Waals surface area contributed by atoms with Gasteiger partial charge in [0.25, 0.3) is 0 Å². The lowest BCUT2D eigenvalue weighted by atomic mass is 9.87. The van der Waals surface area contributed by atoms with Crippen LogP contribution in [0.3, 0.4) is 0 Å². The van der Waals surface area contributed by atoms with Gasteiger partial charge in [0.05, 0.1) is 37.0 Å². The van der Waals surface area contributed by atoms with Crippen molar-refractivity contribution >= 4 is 28.8 Å². The molecule has 0 bridgehead atoms. The molecule has 0 radical (unpaired) electrons. The third-order valence-corrected chi connectivity index (χ3v) is 9.61. The topological polar surface area (TPSA) is 74.4 Å². The van der Waals surface area contributed by atoms with Gasteiger partial charge in [-0.25, -0.2) is 18.2 Å². The number of methoxy groups -OCH3 is 1. The number of piperazine rings is 1. The molecule has 2 heterocycles. The predicted molar refractivity (Wildman–Crippen MR) is 203 cm³/mol. The van der Waals surface area contributed by atoms with Crippen LogP contribution in [0.1, 0.15) is 76.5 Å². The number of likely N-dealkylation sites (N-methyl/N-ethyl adjacent to an activating group) is 1. The molecule has 4 rings (SSSR count). The van der Waals surface area contributed by atoms with Crippen LogP contribution in [0, 0.1) is 17.6 Å². The maximum Gasteiger partial charge on any atom is 0.217 e. The lowest BCUT2D eigenvalue weighted by Crippen LogP contribution is -2.45. The van der Waals surface area contributed by atoms with Gasteiger partial charge in [-0.05, 0) is 81.5 Å². The molecule has 2 aromatic carbocycles. The number of hydrogen-bond donors (Lipinski definition) is 1. The lowest BCUT2D eigenvalue weighted by Gasteiger charge is -2.37. The van der Waals surface area contributed by atoms with Gasteiger partial charge < -0.3 is 25.2 Å². The van der Waals surface area contributed by atoms with E-state index in [4.69, 9.17) is 15.5 Å². The van der Waals surface area contributed by atoms with E-state index in [0.717, 1.165) is 41.9 Å². The number of nitrogens with two attached hydrogens (primary N) is 1. The maximum atomic E-state index is 16.2. The minimum atomic E-state index is -0.753. The minimum absolute atomic E-state index is 0.149. The van der Waals surface area contributed by atoms with E-state index in [1.807, 2.05) is 44.0 Å². The fourth-order valence-electron chi connectivity index (χ4n) is 6.76. The molecule has 0 spiro atoms. The van der Waals surface area contributed by atoms with Crippen molar-refractivity contribution in [2.24, 2.45) is 16.6 Å². The smallest absolute Gasteiger partial charge is 0.217 e. The summed E-state index contributed by atoms with van der Waals surface area (Å²) in [7, 11) is 3.66. The molecule has 2 aliphatic rings. The van der Waals surface area contributed by atoms with E-state index in [2.05, 4.69) is 42.0 Å². The summed E-state index contributed by atoms with van der Waals surface area (Å²) in [6.07, 6.45) is 13.2. The molecule has 1 saturated heterocycles. The van der Waals surface area contributed by atoms with Crippen molar-refractivity contribution in [3.63, 3.8) is 0 Å². The van der Waals surface area contributed by atoms with Crippen LogP contribution in [-0.4, -0.2) is 63.1 Å². The van der Waals surface area contributed by atoms with Gasteiger partial charge >= 0.3 is 0 Å². The van der Waals surface area contributed by atoms with E-state index in [9.17, 15) is 9.18 Å². The van der Waals surface area contributed by atoms with Crippen LogP contribution in [-0.2, 0) is 22.8 Å². The fraction of sp³-hybridized carbons (Fsp3) is 0.463. The van der Waals surface area contributed by atoms with Crippen LogP contribution in [0.2, 0.25) is 0 Å². The first-order valence-corrected chi connectivity index (χ1v) is 18.1. The number of aliphatic imine (C=N–C) groups is 1. The average Bonchev–Trinajstić information content (AvgIpc) is 3.11. The SMILES string of the molecule is C/C=C(\C=C/CC)C(CCCC(N)=O)C(=NC(C)C1=CN(Cc2ccc(CF)cc2F)c2cc(N3CCN(C)CC3)c(F)cc2/C1=C\CC)OC. The van der Waals surface area contributed by atoms with E-state index >= 15 is 8.78 Å². The highest BCUT2D eigenvalue weighted by molar-refractivity contribution is 5.93. The van der Waals surface area contributed by atoms with Gasteiger partial charge in [0.1, 0.15) is 18.3 Å².